The van der Waals surface area contributed by atoms with Crippen LogP contribution >= 0.6 is 0 Å². The second-order valence-electron chi connectivity index (χ2n) is 5.59. The molecular weight excluding hydrogens is 389 g/mol. The quantitative estimate of drug-likeness (QED) is 0.583. The van der Waals surface area contributed by atoms with E-state index >= 15 is 0 Å². The normalized spacial score (nSPS) is 10.5. The van der Waals surface area contributed by atoms with Crippen LogP contribution in [-0.4, -0.2) is 27.2 Å². The monoisotopic (exact) mass is 406 g/mol. The van der Waals surface area contributed by atoms with E-state index in [2.05, 4.69) is 15.3 Å². The van der Waals surface area contributed by atoms with E-state index in [-0.39, 0.29) is 5.95 Å². The summed E-state index contributed by atoms with van der Waals surface area (Å²) in [6.45, 7) is 1.87. The number of nitrogens with zero attached hydrogens (tertiary/aromatic N) is 2. The summed E-state index contributed by atoms with van der Waals surface area (Å²) >= 11 is 0. The lowest BCUT2D eigenvalue weighted by Crippen LogP contribution is -2.21. The van der Waals surface area contributed by atoms with Crippen LogP contribution in [0.25, 0.3) is 0 Å². The van der Waals surface area contributed by atoms with E-state index in [0.29, 0.717) is 11.6 Å². The number of benzene rings is 2. The fourth-order valence-electron chi connectivity index (χ4n) is 2.07. The van der Waals surface area contributed by atoms with Gasteiger partial charge in [0.25, 0.3) is 0 Å². The van der Waals surface area contributed by atoms with Crippen molar-refractivity contribution in [3.05, 3.63) is 66.4 Å². The van der Waals surface area contributed by atoms with Gasteiger partial charge < -0.3 is 20.9 Å². The Kier molecular flexibility index (Phi) is 6.96. The Bertz CT molecular complexity index is 946. The zero-order valence-corrected chi connectivity index (χ0v) is 15.1. The summed E-state index contributed by atoms with van der Waals surface area (Å²) in [6, 6.07) is 19.1. The minimum atomic E-state index is -5.08. The van der Waals surface area contributed by atoms with E-state index in [1.165, 1.54) is 0 Å². The molecule has 0 saturated carbocycles. The molecule has 1 aromatic heterocycles. The molecule has 0 spiro atoms. The number of hydrogen-bond donors (Lipinski definition) is 3. The molecule has 152 valence electrons. The van der Waals surface area contributed by atoms with E-state index in [4.69, 9.17) is 20.4 Å². The van der Waals surface area contributed by atoms with Crippen molar-refractivity contribution in [3.8, 4) is 11.5 Å². The number of alkyl halides is 3. The van der Waals surface area contributed by atoms with Crippen molar-refractivity contribution in [2.24, 2.45) is 0 Å². The molecule has 0 unspecified atom stereocenters. The van der Waals surface area contributed by atoms with Crippen molar-refractivity contribution < 1.29 is 27.8 Å². The first-order valence-corrected chi connectivity index (χ1v) is 8.15. The number of aliphatic carboxylic acids is 1. The first kappa shape index (κ1) is 21.5. The Morgan fingerprint density at radius 2 is 1.66 bits per heavy atom. The highest BCUT2D eigenvalue weighted by Crippen LogP contribution is 2.31. The van der Waals surface area contributed by atoms with Gasteiger partial charge in [-0.15, -0.1) is 0 Å². The Balaban J connectivity index is 0.000000370. The number of nitrogens with one attached hydrogen (secondary N) is 1. The summed E-state index contributed by atoms with van der Waals surface area (Å²) < 4.78 is 37.6. The lowest BCUT2D eigenvalue weighted by molar-refractivity contribution is -0.192. The third-order valence-electron chi connectivity index (χ3n) is 3.23. The highest BCUT2D eigenvalue weighted by atomic mass is 19.4. The highest BCUT2D eigenvalue weighted by Gasteiger charge is 2.38. The average molecular weight is 406 g/mol. The van der Waals surface area contributed by atoms with Gasteiger partial charge in [0.1, 0.15) is 11.6 Å². The van der Waals surface area contributed by atoms with E-state index in [9.17, 15) is 13.2 Å². The number of ether oxygens (including phenoxy) is 1. The van der Waals surface area contributed by atoms with Crippen LogP contribution in [0.1, 0.15) is 5.69 Å². The second-order valence-corrected chi connectivity index (χ2v) is 5.59. The molecule has 0 radical (unpaired) electrons. The van der Waals surface area contributed by atoms with Crippen molar-refractivity contribution in [3.63, 3.8) is 0 Å². The average Bonchev–Trinajstić information content (AvgIpc) is 2.63. The van der Waals surface area contributed by atoms with Gasteiger partial charge in [0.15, 0.2) is 5.75 Å². The van der Waals surface area contributed by atoms with Crippen LogP contribution in [-0.2, 0) is 4.79 Å². The number of anilines is 3. The van der Waals surface area contributed by atoms with Crippen molar-refractivity contribution in [2.45, 2.75) is 13.1 Å². The summed E-state index contributed by atoms with van der Waals surface area (Å²) in [5.41, 5.74) is 7.29. The van der Waals surface area contributed by atoms with Gasteiger partial charge >= 0.3 is 12.1 Å². The molecule has 3 rings (SSSR count). The second kappa shape index (κ2) is 9.40. The molecular formula is C19H17F3N4O3. The molecule has 0 bridgehead atoms. The van der Waals surface area contributed by atoms with Gasteiger partial charge in [0, 0.05) is 11.8 Å². The van der Waals surface area contributed by atoms with Crippen LogP contribution in [0, 0.1) is 6.92 Å². The maximum Gasteiger partial charge on any atom is 0.490 e. The number of nitrogens with two attached hydrogens (primary N) is 1. The molecule has 0 aliphatic rings. The molecule has 4 N–H and O–H groups in total. The largest absolute Gasteiger partial charge is 0.490 e. The molecule has 2 aromatic carbocycles. The Labute approximate surface area is 164 Å². The van der Waals surface area contributed by atoms with Crippen molar-refractivity contribution in [2.75, 3.05) is 11.1 Å². The first-order chi connectivity index (χ1) is 13.6. The number of rotatable bonds is 4. The number of para-hydroxylation sites is 3. The Morgan fingerprint density at radius 3 is 2.24 bits per heavy atom. The molecule has 10 heteroatoms. The lowest BCUT2D eigenvalue weighted by Gasteiger charge is -2.13. The molecule has 1 heterocycles. The number of carboxylic acids is 1. The summed E-state index contributed by atoms with van der Waals surface area (Å²) in [5.74, 6) is -0.399. The van der Waals surface area contributed by atoms with Gasteiger partial charge in [-0.2, -0.15) is 18.2 Å². The number of carbonyl (C=O) groups is 1. The minimum absolute atomic E-state index is 0.240. The number of carboxylic acid groups (broad SMARTS) is 1. The van der Waals surface area contributed by atoms with Gasteiger partial charge in [-0.05, 0) is 31.2 Å². The summed E-state index contributed by atoms with van der Waals surface area (Å²) in [6.07, 6.45) is -5.08. The predicted molar refractivity (Wildman–Crippen MR) is 101 cm³/mol. The maximum atomic E-state index is 10.6. The topological polar surface area (TPSA) is 110 Å². The third kappa shape index (κ3) is 7.01. The van der Waals surface area contributed by atoms with Gasteiger partial charge in [-0.1, -0.05) is 30.3 Å². The van der Waals surface area contributed by atoms with Gasteiger partial charge in [0.05, 0.1) is 5.69 Å². The maximum absolute atomic E-state index is 10.6. The Morgan fingerprint density at radius 1 is 1.07 bits per heavy atom. The zero-order valence-electron chi connectivity index (χ0n) is 15.1. The number of aryl methyl sites for hydroxylation is 1. The standard InChI is InChI=1S/C17H16N4O.C2HF3O2/c1-12-11-16(21-17(18)19-12)20-14-9-5-6-10-15(14)22-13-7-3-2-4-8-13;3-2(4,5)1(6)7/h2-11H,1H3,(H3,18,19,20,21);(H,6,7). The van der Waals surface area contributed by atoms with E-state index in [0.717, 1.165) is 17.1 Å². The zero-order chi connectivity index (χ0) is 21.4. The number of nitrogen functional groups attached to an aromatic ring is 1. The summed E-state index contributed by atoms with van der Waals surface area (Å²) in [4.78, 5) is 17.1. The van der Waals surface area contributed by atoms with Gasteiger partial charge in [0.2, 0.25) is 5.95 Å². The number of halogens is 3. The van der Waals surface area contributed by atoms with Crippen LogP contribution in [0.5, 0.6) is 11.5 Å². The van der Waals surface area contributed by atoms with Crippen LogP contribution in [0.4, 0.5) is 30.6 Å². The fraction of sp³-hybridized carbons (Fsp3) is 0.105. The fourth-order valence-corrected chi connectivity index (χ4v) is 2.07. The molecule has 0 saturated heterocycles. The smallest absolute Gasteiger partial charge is 0.475 e. The first-order valence-electron chi connectivity index (χ1n) is 8.15. The van der Waals surface area contributed by atoms with Gasteiger partial charge in [-0.3, -0.25) is 0 Å². The van der Waals surface area contributed by atoms with Crippen molar-refractivity contribution >= 4 is 23.4 Å². The van der Waals surface area contributed by atoms with Gasteiger partial charge in [-0.25, -0.2) is 9.78 Å². The molecule has 0 aliphatic heterocycles. The predicted octanol–water partition coefficient (Wildman–Crippen LogP) is 4.54. The van der Waals surface area contributed by atoms with Crippen LogP contribution in [0.3, 0.4) is 0 Å². The third-order valence-corrected chi connectivity index (χ3v) is 3.23. The number of aromatic nitrogens is 2. The molecule has 29 heavy (non-hydrogen) atoms. The lowest BCUT2D eigenvalue weighted by atomic mass is 10.2. The molecule has 3 aromatic rings. The number of hydrogen-bond acceptors (Lipinski definition) is 6. The van der Waals surface area contributed by atoms with Crippen LogP contribution in [0.2, 0.25) is 0 Å². The summed E-state index contributed by atoms with van der Waals surface area (Å²) in [5, 5.41) is 10.3. The Hall–Kier alpha value is -3.82. The SMILES string of the molecule is Cc1cc(Nc2ccccc2Oc2ccccc2)nc(N)n1.O=C(O)C(F)(F)F. The van der Waals surface area contributed by atoms with Crippen molar-refractivity contribution in [1.29, 1.82) is 0 Å². The van der Waals surface area contributed by atoms with Crippen LogP contribution < -0.4 is 15.8 Å². The van der Waals surface area contributed by atoms with Crippen LogP contribution in [0.15, 0.2) is 60.7 Å². The van der Waals surface area contributed by atoms with E-state index in [1.54, 1.807) is 0 Å². The molecule has 0 fully saturated rings. The van der Waals surface area contributed by atoms with E-state index < -0.39 is 12.1 Å². The van der Waals surface area contributed by atoms with Crippen molar-refractivity contribution in [1.82, 2.24) is 9.97 Å². The molecule has 0 aliphatic carbocycles. The molecule has 0 atom stereocenters. The molecule has 0 amide bonds. The minimum Gasteiger partial charge on any atom is -0.475 e. The molecule has 7 nitrogen and oxygen atoms in total. The van der Waals surface area contributed by atoms with E-state index in [1.807, 2.05) is 67.6 Å². The summed E-state index contributed by atoms with van der Waals surface area (Å²) in [7, 11) is 0. The highest BCUT2D eigenvalue weighted by molar-refractivity contribution is 5.73.